The molecule has 1 heterocycles. The number of hydrogen-bond acceptors (Lipinski definition) is 4. The molecule has 6 heteroatoms. The molecule has 114 valence electrons. The van der Waals surface area contributed by atoms with Crippen molar-refractivity contribution in [1.82, 2.24) is 4.72 Å². The predicted octanol–water partition coefficient (Wildman–Crippen LogP) is 3.01. The predicted molar refractivity (Wildman–Crippen MR) is 88.5 cm³/mol. The molecule has 1 atom stereocenters. The number of anilines is 1. The van der Waals surface area contributed by atoms with Crippen LogP contribution in [0.2, 0.25) is 0 Å². The van der Waals surface area contributed by atoms with Crippen LogP contribution in [-0.4, -0.2) is 21.5 Å². The third kappa shape index (κ3) is 4.06. The standard InChI is InChI=1S/C15H20N2O2S2/c1-11(10-13-9-8-12(2)20-13)17-14-6-4-5-7-15(14)21(18,19)16-3/h4-9,11,16-17H,10H2,1-3H3. The van der Waals surface area contributed by atoms with Gasteiger partial charge in [-0.1, -0.05) is 12.1 Å². The minimum atomic E-state index is -3.45. The highest BCUT2D eigenvalue weighted by Gasteiger charge is 2.17. The maximum atomic E-state index is 12.0. The zero-order chi connectivity index (χ0) is 15.5. The van der Waals surface area contributed by atoms with Crippen LogP contribution in [-0.2, 0) is 16.4 Å². The minimum absolute atomic E-state index is 0.149. The summed E-state index contributed by atoms with van der Waals surface area (Å²) in [5, 5.41) is 3.30. The highest BCUT2D eigenvalue weighted by Crippen LogP contribution is 2.23. The molecule has 1 aromatic carbocycles. The van der Waals surface area contributed by atoms with Crippen LogP contribution in [0.15, 0.2) is 41.3 Å². The highest BCUT2D eigenvalue weighted by molar-refractivity contribution is 7.89. The van der Waals surface area contributed by atoms with Crippen molar-refractivity contribution in [3.63, 3.8) is 0 Å². The lowest BCUT2D eigenvalue weighted by atomic mass is 10.2. The number of nitrogens with one attached hydrogen (secondary N) is 2. The number of aryl methyl sites for hydroxylation is 1. The lowest BCUT2D eigenvalue weighted by Gasteiger charge is -2.17. The van der Waals surface area contributed by atoms with Gasteiger partial charge in [0.05, 0.1) is 5.69 Å². The summed E-state index contributed by atoms with van der Waals surface area (Å²) in [7, 11) is -2.03. The number of hydrogen-bond donors (Lipinski definition) is 2. The molecular weight excluding hydrogens is 304 g/mol. The molecule has 0 radical (unpaired) electrons. The largest absolute Gasteiger partial charge is 0.381 e. The fourth-order valence-electron chi connectivity index (χ4n) is 2.14. The second kappa shape index (κ2) is 6.60. The summed E-state index contributed by atoms with van der Waals surface area (Å²) < 4.78 is 26.4. The number of sulfonamides is 1. The molecule has 0 aliphatic rings. The van der Waals surface area contributed by atoms with Gasteiger partial charge in [0.2, 0.25) is 10.0 Å². The smallest absolute Gasteiger partial charge is 0.242 e. The van der Waals surface area contributed by atoms with Crippen LogP contribution in [0.1, 0.15) is 16.7 Å². The molecule has 4 nitrogen and oxygen atoms in total. The van der Waals surface area contributed by atoms with Crippen molar-refractivity contribution in [3.05, 3.63) is 46.2 Å². The van der Waals surface area contributed by atoms with Gasteiger partial charge in [0, 0.05) is 22.2 Å². The first-order valence-electron chi connectivity index (χ1n) is 6.77. The van der Waals surface area contributed by atoms with Gasteiger partial charge in [-0.2, -0.15) is 0 Å². The number of rotatable bonds is 6. The summed E-state index contributed by atoms with van der Waals surface area (Å²) >= 11 is 1.77. The Bertz CT molecular complexity index is 708. The highest BCUT2D eigenvalue weighted by atomic mass is 32.2. The average Bonchev–Trinajstić information content (AvgIpc) is 2.84. The fraction of sp³-hybridized carbons (Fsp3) is 0.333. The number of thiophene rings is 1. The van der Waals surface area contributed by atoms with E-state index in [0.717, 1.165) is 6.42 Å². The lowest BCUT2D eigenvalue weighted by molar-refractivity contribution is 0.588. The Morgan fingerprint density at radius 1 is 1.19 bits per heavy atom. The molecule has 0 saturated carbocycles. The third-order valence-electron chi connectivity index (χ3n) is 3.15. The van der Waals surface area contributed by atoms with Crippen molar-refractivity contribution in [2.45, 2.75) is 31.2 Å². The minimum Gasteiger partial charge on any atom is -0.381 e. The summed E-state index contributed by atoms with van der Waals surface area (Å²) in [5.41, 5.74) is 0.632. The zero-order valence-corrected chi connectivity index (χ0v) is 14.0. The van der Waals surface area contributed by atoms with E-state index in [1.54, 1.807) is 29.5 Å². The summed E-state index contributed by atoms with van der Waals surface area (Å²) in [6.07, 6.45) is 0.868. The summed E-state index contributed by atoms with van der Waals surface area (Å²) in [4.78, 5) is 2.86. The van der Waals surface area contributed by atoms with E-state index in [9.17, 15) is 8.42 Å². The fourth-order valence-corrected chi connectivity index (χ4v) is 4.06. The van der Waals surface area contributed by atoms with E-state index in [-0.39, 0.29) is 10.9 Å². The van der Waals surface area contributed by atoms with Gasteiger partial charge >= 0.3 is 0 Å². The third-order valence-corrected chi connectivity index (χ3v) is 5.65. The second-order valence-electron chi connectivity index (χ2n) is 4.97. The molecule has 0 aliphatic carbocycles. The van der Waals surface area contributed by atoms with Crippen molar-refractivity contribution < 1.29 is 8.42 Å². The SMILES string of the molecule is CNS(=O)(=O)c1ccccc1NC(C)Cc1ccc(C)s1. The molecule has 0 saturated heterocycles. The molecule has 2 aromatic rings. The molecule has 0 amide bonds. The van der Waals surface area contributed by atoms with Crippen LogP contribution in [0, 0.1) is 6.92 Å². The van der Waals surface area contributed by atoms with Gasteiger partial charge in [0.25, 0.3) is 0 Å². The first kappa shape index (κ1) is 16.0. The van der Waals surface area contributed by atoms with E-state index in [1.807, 2.05) is 6.07 Å². The average molecular weight is 324 g/mol. The Kier molecular flexibility index (Phi) is 5.03. The molecule has 1 aromatic heterocycles. The van der Waals surface area contributed by atoms with Crippen molar-refractivity contribution in [3.8, 4) is 0 Å². The molecule has 0 bridgehead atoms. The van der Waals surface area contributed by atoms with Gasteiger partial charge in [-0.15, -0.1) is 11.3 Å². The van der Waals surface area contributed by atoms with Crippen LogP contribution in [0.5, 0.6) is 0 Å². The Morgan fingerprint density at radius 2 is 1.90 bits per heavy atom. The quantitative estimate of drug-likeness (QED) is 0.859. The lowest BCUT2D eigenvalue weighted by Crippen LogP contribution is -2.23. The van der Waals surface area contributed by atoms with E-state index in [1.165, 1.54) is 16.8 Å². The maximum absolute atomic E-state index is 12.0. The monoisotopic (exact) mass is 324 g/mol. The first-order chi connectivity index (χ1) is 9.92. The van der Waals surface area contributed by atoms with Gasteiger partial charge in [-0.25, -0.2) is 13.1 Å². The molecule has 1 unspecified atom stereocenters. The van der Waals surface area contributed by atoms with Gasteiger partial charge in [0.15, 0.2) is 0 Å². The normalized spacial score (nSPS) is 13.1. The molecule has 0 fully saturated rings. The number of benzene rings is 1. The molecule has 21 heavy (non-hydrogen) atoms. The molecule has 2 rings (SSSR count). The van der Waals surface area contributed by atoms with Crippen LogP contribution in [0.3, 0.4) is 0 Å². The van der Waals surface area contributed by atoms with Crippen LogP contribution in [0.4, 0.5) is 5.69 Å². The first-order valence-corrected chi connectivity index (χ1v) is 9.07. The Balaban J connectivity index is 2.16. The van der Waals surface area contributed by atoms with Crippen molar-refractivity contribution in [2.24, 2.45) is 0 Å². The summed E-state index contributed by atoms with van der Waals surface area (Å²) in [6, 6.07) is 11.3. The van der Waals surface area contributed by atoms with Crippen molar-refractivity contribution in [1.29, 1.82) is 0 Å². The van der Waals surface area contributed by atoms with Crippen molar-refractivity contribution >= 4 is 27.0 Å². The van der Waals surface area contributed by atoms with E-state index < -0.39 is 10.0 Å². The van der Waals surface area contributed by atoms with Gasteiger partial charge < -0.3 is 5.32 Å². The molecule has 0 aliphatic heterocycles. The summed E-state index contributed by atoms with van der Waals surface area (Å²) in [5.74, 6) is 0. The van der Waals surface area contributed by atoms with E-state index in [4.69, 9.17) is 0 Å². The summed E-state index contributed by atoms with van der Waals surface area (Å²) in [6.45, 7) is 4.14. The maximum Gasteiger partial charge on any atom is 0.242 e. The second-order valence-corrected chi connectivity index (χ2v) is 8.19. The van der Waals surface area contributed by atoms with Crippen LogP contribution < -0.4 is 10.0 Å². The molecule has 2 N–H and O–H groups in total. The van der Waals surface area contributed by atoms with Gasteiger partial charge in [0.1, 0.15) is 4.90 Å². The van der Waals surface area contributed by atoms with Gasteiger partial charge in [-0.05, 0) is 45.2 Å². The van der Waals surface area contributed by atoms with Crippen molar-refractivity contribution in [2.75, 3.05) is 12.4 Å². The van der Waals surface area contributed by atoms with E-state index >= 15 is 0 Å². The van der Waals surface area contributed by atoms with E-state index in [2.05, 4.69) is 36.0 Å². The zero-order valence-electron chi connectivity index (χ0n) is 12.4. The van der Waals surface area contributed by atoms with Crippen LogP contribution in [0.25, 0.3) is 0 Å². The Hall–Kier alpha value is -1.37. The van der Waals surface area contributed by atoms with Gasteiger partial charge in [-0.3, -0.25) is 0 Å². The molecule has 0 spiro atoms. The Morgan fingerprint density at radius 3 is 2.52 bits per heavy atom. The topological polar surface area (TPSA) is 58.2 Å². The number of para-hydroxylation sites is 1. The Labute approximate surface area is 130 Å². The van der Waals surface area contributed by atoms with E-state index in [0.29, 0.717) is 5.69 Å². The van der Waals surface area contributed by atoms with Crippen LogP contribution >= 0.6 is 11.3 Å². The molecular formula is C15H20N2O2S2.